The van der Waals surface area contributed by atoms with E-state index in [4.69, 9.17) is 10.5 Å². The van der Waals surface area contributed by atoms with Crippen molar-refractivity contribution in [1.82, 2.24) is 15.0 Å². The number of anilines is 1. The number of nitrogens with zero attached hydrogens (tertiary/aromatic N) is 3. The number of carbonyl (C=O) groups is 1. The van der Waals surface area contributed by atoms with Gasteiger partial charge in [0.05, 0.1) is 18.8 Å². The fourth-order valence-electron chi connectivity index (χ4n) is 1.72. The van der Waals surface area contributed by atoms with Crippen molar-refractivity contribution in [3.8, 4) is 5.75 Å². The molecule has 0 spiro atoms. The molecule has 0 fully saturated rings. The van der Waals surface area contributed by atoms with Crippen LogP contribution in [0.25, 0.3) is 0 Å². The van der Waals surface area contributed by atoms with E-state index in [0.29, 0.717) is 17.1 Å². The molecule has 1 amide bonds. The number of aromatic nitrogens is 3. The van der Waals surface area contributed by atoms with Gasteiger partial charge >= 0.3 is 0 Å². The summed E-state index contributed by atoms with van der Waals surface area (Å²) in [7, 11) is 1.58. The monoisotopic (exact) mass is 289 g/mol. The second-order valence-corrected chi connectivity index (χ2v) is 5.30. The summed E-state index contributed by atoms with van der Waals surface area (Å²) < 4.78 is 6.56. The third-order valence-corrected chi connectivity index (χ3v) is 2.86. The van der Waals surface area contributed by atoms with Crippen LogP contribution in [0.5, 0.6) is 5.75 Å². The molecule has 2 rings (SSSR count). The van der Waals surface area contributed by atoms with Crippen LogP contribution in [0.15, 0.2) is 30.5 Å². The molecule has 21 heavy (non-hydrogen) atoms. The van der Waals surface area contributed by atoms with E-state index in [-0.39, 0.29) is 12.5 Å². The van der Waals surface area contributed by atoms with E-state index in [2.05, 4.69) is 15.6 Å². The third-order valence-electron chi connectivity index (χ3n) is 2.86. The fraction of sp³-hybridized carbons (Fsp3) is 0.357. The molecule has 0 saturated heterocycles. The first-order valence-electron chi connectivity index (χ1n) is 6.52. The number of nitrogens with two attached hydrogens (primary N) is 1. The Morgan fingerprint density at radius 3 is 2.86 bits per heavy atom. The van der Waals surface area contributed by atoms with Gasteiger partial charge in [0.2, 0.25) is 5.91 Å². The molecule has 112 valence electrons. The van der Waals surface area contributed by atoms with Crippen LogP contribution < -0.4 is 15.8 Å². The lowest BCUT2D eigenvalue weighted by molar-refractivity contribution is -0.116. The number of benzene rings is 1. The SMILES string of the molecule is COc1cccc(NC(=O)Cn2cc(C(C)(C)N)nn2)c1. The Morgan fingerprint density at radius 1 is 1.48 bits per heavy atom. The standard InChI is InChI=1S/C14H19N5O2/c1-14(2,15)12-8-19(18-17-12)9-13(20)16-10-5-4-6-11(7-10)21-3/h4-8H,9,15H2,1-3H3,(H,16,20). The highest BCUT2D eigenvalue weighted by molar-refractivity contribution is 5.90. The summed E-state index contributed by atoms with van der Waals surface area (Å²) in [6.07, 6.45) is 1.67. The summed E-state index contributed by atoms with van der Waals surface area (Å²) >= 11 is 0. The van der Waals surface area contributed by atoms with Crippen LogP contribution in [-0.4, -0.2) is 28.0 Å². The summed E-state index contributed by atoms with van der Waals surface area (Å²) in [4.78, 5) is 12.0. The number of methoxy groups -OCH3 is 1. The van der Waals surface area contributed by atoms with Crippen LogP contribution in [0.1, 0.15) is 19.5 Å². The predicted octanol–water partition coefficient (Wildman–Crippen LogP) is 1.12. The van der Waals surface area contributed by atoms with Crippen molar-refractivity contribution in [2.75, 3.05) is 12.4 Å². The van der Waals surface area contributed by atoms with Crippen LogP contribution in [-0.2, 0) is 16.9 Å². The lowest BCUT2D eigenvalue weighted by Gasteiger charge is -2.13. The smallest absolute Gasteiger partial charge is 0.246 e. The largest absolute Gasteiger partial charge is 0.497 e. The summed E-state index contributed by atoms with van der Waals surface area (Å²) in [6, 6.07) is 7.14. The highest BCUT2D eigenvalue weighted by Crippen LogP contribution is 2.17. The minimum Gasteiger partial charge on any atom is -0.497 e. The molecule has 0 aliphatic heterocycles. The molecule has 0 unspecified atom stereocenters. The molecule has 0 radical (unpaired) electrons. The number of hydrogen-bond donors (Lipinski definition) is 2. The Labute approximate surface area is 123 Å². The molecule has 0 saturated carbocycles. The van der Waals surface area contributed by atoms with Crippen LogP contribution in [0, 0.1) is 0 Å². The molecule has 2 aromatic rings. The number of rotatable bonds is 5. The average molecular weight is 289 g/mol. The predicted molar refractivity (Wildman–Crippen MR) is 78.9 cm³/mol. The molecule has 1 heterocycles. The van der Waals surface area contributed by atoms with E-state index >= 15 is 0 Å². The van der Waals surface area contributed by atoms with Crippen molar-refractivity contribution in [2.45, 2.75) is 25.9 Å². The minimum absolute atomic E-state index is 0.0697. The number of ether oxygens (including phenoxy) is 1. The van der Waals surface area contributed by atoms with Gasteiger partial charge in [-0.25, -0.2) is 4.68 Å². The molecule has 0 bridgehead atoms. The number of carbonyl (C=O) groups excluding carboxylic acids is 1. The summed E-state index contributed by atoms with van der Waals surface area (Å²) in [5.41, 5.74) is 6.65. The van der Waals surface area contributed by atoms with E-state index in [1.807, 2.05) is 19.9 Å². The van der Waals surface area contributed by atoms with Gasteiger partial charge in [0.1, 0.15) is 18.0 Å². The molecule has 7 heteroatoms. The van der Waals surface area contributed by atoms with Gasteiger partial charge in [-0.15, -0.1) is 5.10 Å². The van der Waals surface area contributed by atoms with Crippen LogP contribution in [0.3, 0.4) is 0 Å². The van der Waals surface area contributed by atoms with Gasteiger partial charge in [0, 0.05) is 11.8 Å². The lowest BCUT2D eigenvalue weighted by Crippen LogP contribution is -2.29. The van der Waals surface area contributed by atoms with Crippen molar-refractivity contribution in [3.63, 3.8) is 0 Å². The Kier molecular flexibility index (Phi) is 4.23. The number of amides is 1. The number of nitrogens with one attached hydrogen (secondary N) is 1. The average Bonchev–Trinajstić information content (AvgIpc) is 2.87. The van der Waals surface area contributed by atoms with Crippen LogP contribution in [0.4, 0.5) is 5.69 Å². The van der Waals surface area contributed by atoms with E-state index < -0.39 is 5.54 Å². The molecule has 7 nitrogen and oxygen atoms in total. The molecule has 0 aliphatic rings. The van der Waals surface area contributed by atoms with Crippen molar-refractivity contribution in [2.24, 2.45) is 5.73 Å². The molecular weight excluding hydrogens is 270 g/mol. The fourth-order valence-corrected chi connectivity index (χ4v) is 1.72. The lowest BCUT2D eigenvalue weighted by atomic mass is 10.0. The zero-order chi connectivity index (χ0) is 15.5. The first kappa shape index (κ1) is 15.0. The van der Waals surface area contributed by atoms with Crippen LogP contribution >= 0.6 is 0 Å². The van der Waals surface area contributed by atoms with Crippen molar-refractivity contribution in [1.29, 1.82) is 0 Å². The van der Waals surface area contributed by atoms with E-state index in [9.17, 15) is 4.79 Å². The van der Waals surface area contributed by atoms with Gasteiger partial charge in [-0.3, -0.25) is 4.79 Å². The topological polar surface area (TPSA) is 95.1 Å². The Bertz CT molecular complexity index is 630. The van der Waals surface area contributed by atoms with Crippen molar-refractivity contribution >= 4 is 11.6 Å². The highest BCUT2D eigenvalue weighted by Gasteiger charge is 2.18. The second kappa shape index (κ2) is 5.92. The van der Waals surface area contributed by atoms with Crippen molar-refractivity contribution < 1.29 is 9.53 Å². The summed E-state index contributed by atoms with van der Waals surface area (Å²) in [5, 5.41) is 10.6. The molecular formula is C14H19N5O2. The van der Waals surface area contributed by atoms with Crippen molar-refractivity contribution in [3.05, 3.63) is 36.2 Å². The van der Waals surface area contributed by atoms with Gasteiger partial charge in [-0.2, -0.15) is 0 Å². The highest BCUT2D eigenvalue weighted by atomic mass is 16.5. The molecule has 1 aromatic carbocycles. The molecule has 3 N–H and O–H groups in total. The Hall–Kier alpha value is -2.41. The van der Waals surface area contributed by atoms with E-state index in [0.717, 1.165) is 0 Å². The van der Waals surface area contributed by atoms with E-state index in [1.165, 1.54) is 4.68 Å². The second-order valence-electron chi connectivity index (χ2n) is 5.30. The summed E-state index contributed by atoms with van der Waals surface area (Å²) in [6.45, 7) is 3.73. The molecule has 0 aliphatic carbocycles. The quantitative estimate of drug-likeness (QED) is 0.860. The Balaban J connectivity index is 2.00. The summed E-state index contributed by atoms with van der Waals surface area (Å²) in [5.74, 6) is 0.482. The van der Waals surface area contributed by atoms with Gasteiger partial charge in [-0.05, 0) is 26.0 Å². The van der Waals surface area contributed by atoms with Gasteiger partial charge in [0.25, 0.3) is 0 Å². The third kappa shape index (κ3) is 4.03. The first-order valence-corrected chi connectivity index (χ1v) is 6.52. The zero-order valence-electron chi connectivity index (χ0n) is 12.3. The maximum Gasteiger partial charge on any atom is 0.246 e. The molecule has 1 aromatic heterocycles. The first-order chi connectivity index (χ1) is 9.88. The van der Waals surface area contributed by atoms with E-state index in [1.54, 1.807) is 31.5 Å². The Morgan fingerprint density at radius 2 is 2.24 bits per heavy atom. The van der Waals surface area contributed by atoms with Crippen LogP contribution in [0.2, 0.25) is 0 Å². The maximum atomic E-state index is 12.0. The normalized spacial score (nSPS) is 11.2. The minimum atomic E-state index is -0.582. The maximum absolute atomic E-state index is 12.0. The van der Waals surface area contributed by atoms with Gasteiger partial charge in [0.15, 0.2) is 0 Å². The number of hydrogen-bond acceptors (Lipinski definition) is 5. The van der Waals surface area contributed by atoms with Gasteiger partial charge in [-0.1, -0.05) is 11.3 Å². The van der Waals surface area contributed by atoms with Gasteiger partial charge < -0.3 is 15.8 Å². The zero-order valence-corrected chi connectivity index (χ0v) is 12.3. The molecule has 0 atom stereocenters.